The Balaban J connectivity index is 3.86. The molecule has 0 saturated carbocycles. The van der Waals surface area contributed by atoms with Gasteiger partial charge < -0.3 is 15.7 Å². The van der Waals surface area contributed by atoms with E-state index in [-0.39, 0.29) is 24.9 Å². The molecule has 0 saturated heterocycles. The summed E-state index contributed by atoms with van der Waals surface area (Å²) in [6.45, 7) is 10.2. The molecule has 0 bridgehead atoms. The lowest BCUT2D eigenvalue weighted by Gasteiger charge is -2.24. The van der Waals surface area contributed by atoms with Crippen LogP contribution in [0, 0.1) is 11.8 Å². The van der Waals surface area contributed by atoms with Crippen molar-refractivity contribution in [3.63, 3.8) is 0 Å². The minimum atomic E-state index is -0.901. The Bertz CT molecular complexity index is 325. The summed E-state index contributed by atoms with van der Waals surface area (Å²) >= 11 is 0. The Morgan fingerprint density at radius 1 is 1.00 bits per heavy atom. The van der Waals surface area contributed by atoms with Crippen LogP contribution < -0.4 is 10.6 Å². The van der Waals surface area contributed by atoms with Crippen molar-refractivity contribution < 1.29 is 14.7 Å². The van der Waals surface area contributed by atoms with E-state index < -0.39 is 5.60 Å². The Morgan fingerprint density at radius 3 is 2.10 bits per heavy atom. The van der Waals surface area contributed by atoms with Crippen LogP contribution in [-0.4, -0.2) is 35.6 Å². The second-order valence-electron chi connectivity index (χ2n) is 6.92. The van der Waals surface area contributed by atoms with Crippen LogP contribution in [0.1, 0.15) is 60.3 Å². The van der Waals surface area contributed by atoms with Gasteiger partial charge in [0.2, 0.25) is 11.8 Å². The molecule has 2 amide bonds. The van der Waals surface area contributed by atoms with Crippen molar-refractivity contribution in [3.8, 4) is 0 Å². The number of carbonyl (C=O) groups is 2. The van der Waals surface area contributed by atoms with Crippen molar-refractivity contribution in [2.24, 2.45) is 11.8 Å². The van der Waals surface area contributed by atoms with Gasteiger partial charge in [-0.05, 0) is 38.0 Å². The van der Waals surface area contributed by atoms with E-state index in [1.807, 2.05) is 0 Å². The lowest BCUT2D eigenvalue weighted by Crippen LogP contribution is -2.44. The van der Waals surface area contributed by atoms with Crippen molar-refractivity contribution in [3.05, 3.63) is 0 Å². The third kappa shape index (κ3) is 12.4. The smallest absolute Gasteiger partial charge is 0.239 e. The molecule has 5 heteroatoms. The molecule has 0 aromatic rings. The highest BCUT2D eigenvalue weighted by Crippen LogP contribution is 2.15. The number of aliphatic hydroxyl groups is 1. The molecule has 0 aromatic carbocycles. The summed E-state index contributed by atoms with van der Waals surface area (Å²) in [4.78, 5) is 23.1. The number of hydrogen-bond donors (Lipinski definition) is 3. The van der Waals surface area contributed by atoms with Crippen LogP contribution in [0.25, 0.3) is 0 Å². The molecule has 0 aliphatic carbocycles. The molecular weight excluding hydrogens is 268 g/mol. The first kappa shape index (κ1) is 19.9. The van der Waals surface area contributed by atoms with E-state index in [2.05, 4.69) is 38.3 Å². The molecule has 1 atom stereocenters. The van der Waals surface area contributed by atoms with Crippen LogP contribution in [0.5, 0.6) is 0 Å². The van der Waals surface area contributed by atoms with Gasteiger partial charge in [0.15, 0.2) is 0 Å². The molecule has 0 aromatic heterocycles. The fraction of sp³-hybridized carbons (Fsp3) is 0.875. The minimum absolute atomic E-state index is 0.0306. The van der Waals surface area contributed by atoms with Gasteiger partial charge in [0.1, 0.15) is 0 Å². The van der Waals surface area contributed by atoms with Gasteiger partial charge in [-0.2, -0.15) is 0 Å². The zero-order valence-corrected chi connectivity index (χ0v) is 14.2. The molecule has 0 heterocycles. The number of nitrogens with one attached hydrogen (secondary N) is 2. The zero-order valence-electron chi connectivity index (χ0n) is 14.2. The van der Waals surface area contributed by atoms with Crippen molar-refractivity contribution in [2.75, 3.05) is 13.1 Å². The largest absolute Gasteiger partial charge is 0.388 e. The number of carbonyl (C=O) groups excluding carboxylic acids is 2. The predicted molar refractivity (Wildman–Crippen MR) is 84.8 cm³/mol. The van der Waals surface area contributed by atoms with E-state index in [9.17, 15) is 14.7 Å². The second kappa shape index (κ2) is 9.77. The van der Waals surface area contributed by atoms with Crippen LogP contribution >= 0.6 is 0 Å². The highest BCUT2D eigenvalue weighted by atomic mass is 16.3. The highest BCUT2D eigenvalue weighted by molar-refractivity contribution is 5.84. The van der Waals surface area contributed by atoms with E-state index in [1.165, 1.54) is 0 Å². The normalized spacial score (nSPS) is 14.1. The quantitative estimate of drug-likeness (QED) is 0.576. The predicted octanol–water partition coefficient (Wildman–Crippen LogP) is 1.84. The van der Waals surface area contributed by atoms with Crippen LogP contribution in [-0.2, 0) is 9.59 Å². The monoisotopic (exact) mass is 300 g/mol. The fourth-order valence-corrected chi connectivity index (χ4v) is 1.73. The van der Waals surface area contributed by atoms with Gasteiger partial charge in [0.05, 0.1) is 12.1 Å². The zero-order chi connectivity index (χ0) is 16.5. The molecule has 0 radical (unpaired) electrons. The molecule has 0 rings (SSSR count). The lowest BCUT2D eigenvalue weighted by molar-refractivity contribution is -0.126. The molecule has 1 unspecified atom stereocenters. The summed E-state index contributed by atoms with van der Waals surface area (Å²) in [5.41, 5.74) is -0.901. The summed E-state index contributed by atoms with van der Waals surface area (Å²) in [5, 5.41) is 15.4. The third-order valence-electron chi connectivity index (χ3n) is 3.32. The molecule has 0 aliphatic rings. The van der Waals surface area contributed by atoms with Crippen molar-refractivity contribution in [2.45, 2.75) is 65.9 Å². The van der Waals surface area contributed by atoms with E-state index >= 15 is 0 Å². The molecule has 5 nitrogen and oxygen atoms in total. The average Bonchev–Trinajstić information content (AvgIpc) is 2.38. The minimum Gasteiger partial charge on any atom is -0.388 e. The molecule has 0 spiro atoms. The Morgan fingerprint density at radius 2 is 1.57 bits per heavy atom. The molecular formula is C16H32N2O3. The van der Waals surface area contributed by atoms with Crippen LogP contribution in [0.3, 0.4) is 0 Å². The summed E-state index contributed by atoms with van der Waals surface area (Å²) in [5.74, 6) is 0.621. The molecule has 0 fully saturated rings. The van der Waals surface area contributed by atoms with Gasteiger partial charge in [-0.25, -0.2) is 0 Å². The summed E-state index contributed by atoms with van der Waals surface area (Å²) in [6.07, 6.45) is 2.81. The van der Waals surface area contributed by atoms with Gasteiger partial charge in [-0.1, -0.05) is 27.7 Å². The Hall–Kier alpha value is -1.10. The molecule has 3 N–H and O–H groups in total. The maximum absolute atomic E-state index is 11.6. The van der Waals surface area contributed by atoms with E-state index in [0.29, 0.717) is 24.7 Å². The van der Waals surface area contributed by atoms with Gasteiger partial charge in [-0.15, -0.1) is 0 Å². The lowest BCUT2D eigenvalue weighted by atomic mass is 9.95. The third-order valence-corrected chi connectivity index (χ3v) is 3.32. The molecule has 21 heavy (non-hydrogen) atoms. The number of amides is 2. The molecule has 124 valence electrons. The highest BCUT2D eigenvalue weighted by Gasteiger charge is 2.21. The fourth-order valence-electron chi connectivity index (χ4n) is 1.73. The van der Waals surface area contributed by atoms with Crippen molar-refractivity contribution in [1.82, 2.24) is 10.6 Å². The van der Waals surface area contributed by atoms with Gasteiger partial charge in [0.25, 0.3) is 0 Å². The van der Waals surface area contributed by atoms with Crippen LogP contribution in [0.15, 0.2) is 0 Å². The van der Waals surface area contributed by atoms with Crippen LogP contribution in [0.2, 0.25) is 0 Å². The number of hydrogen-bond acceptors (Lipinski definition) is 3. The van der Waals surface area contributed by atoms with Gasteiger partial charge >= 0.3 is 0 Å². The first-order valence-corrected chi connectivity index (χ1v) is 7.88. The first-order valence-electron chi connectivity index (χ1n) is 7.88. The van der Waals surface area contributed by atoms with Crippen LogP contribution in [0.4, 0.5) is 0 Å². The van der Waals surface area contributed by atoms with E-state index in [4.69, 9.17) is 0 Å². The molecule has 0 aliphatic heterocycles. The maximum Gasteiger partial charge on any atom is 0.239 e. The number of rotatable bonds is 10. The topological polar surface area (TPSA) is 78.4 Å². The van der Waals surface area contributed by atoms with E-state index in [1.54, 1.807) is 6.92 Å². The second-order valence-corrected chi connectivity index (χ2v) is 6.92. The SMILES string of the molecule is CC(C)CCC(=O)NCC(=O)NCC(C)(O)CCC(C)C. The Labute approximate surface area is 128 Å². The summed E-state index contributed by atoms with van der Waals surface area (Å²) < 4.78 is 0. The van der Waals surface area contributed by atoms with E-state index in [0.717, 1.165) is 12.8 Å². The van der Waals surface area contributed by atoms with Gasteiger partial charge in [-0.3, -0.25) is 9.59 Å². The standard InChI is InChI=1S/C16H32N2O3/c1-12(2)6-7-14(19)17-10-15(20)18-11-16(5,21)9-8-13(3)4/h12-13,21H,6-11H2,1-5H3,(H,17,19)(H,18,20). The first-order chi connectivity index (χ1) is 9.62. The Kier molecular flexibility index (Phi) is 9.26. The average molecular weight is 300 g/mol. The maximum atomic E-state index is 11.6. The summed E-state index contributed by atoms with van der Waals surface area (Å²) in [7, 11) is 0. The van der Waals surface area contributed by atoms with Crippen molar-refractivity contribution >= 4 is 11.8 Å². The van der Waals surface area contributed by atoms with Crippen molar-refractivity contribution in [1.29, 1.82) is 0 Å². The van der Waals surface area contributed by atoms with Gasteiger partial charge in [0, 0.05) is 13.0 Å². The summed E-state index contributed by atoms with van der Waals surface area (Å²) in [6, 6.07) is 0.